The zero-order valence-corrected chi connectivity index (χ0v) is 29.9. The minimum atomic E-state index is -4.74. The van der Waals surface area contributed by atoms with Crippen LogP contribution in [0.1, 0.15) is 69.4 Å². The first-order valence-electron chi connectivity index (χ1n) is 17.4. The van der Waals surface area contributed by atoms with Crippen LogP contribution in [-0.4, -0.2) is 62.6 Å². The summed E-state index contributed by atoms with van der Waals surface area (Å²) < 4.78 is 52.2. The molecule has 0 radical (unpaired) electrons. The van der Waals surface area contributed by atoms with Crippen molar-refractivity contribution in [3.63, 3.8) is 0 Å². The quantitative estimate of drug-likeness (QED) is 0.163. The van der Waals surface area contributed by atoms with Crippen molar-refractivity contribution >= 4 is 27.5 Å². The highest BCUT2D eigenvalue weighted by molar-refractivity contribution is 7.18. The summed E-state index contributed by atoms with van der Waals surface area (Å²) in [5.74, 6) is 0.0530. The van der Waals surface area contributed by atoms with E-state index < -0.39 is 12.3 Å². The van der Waals surface area contributed by atoms with Crippen molar-refractivity contribution in [1.29, 1.82) is 0 Å². The molecule has 4 heterocycles. The Morgan fingerprint density at radius 3 is 2.52 bits per heavy atom. The van der Waals surface area contributed by atoms with E-state index >= 15 is 0 Å². The van der Waals surface area contributed by atoms with E-state index in [0.29, 0.717) is 66.1 Å². The predicted octanol–water partition coefficient (Wildman–Crippen LogP) is 7.86. The van der Waals surface area contributed by atoms with Gasteiger partial charge in [0.15, 0.2) is 0 Å². The molecule has 272 valence electrons. The predicted molar refractivity (Wildman–Crippen MR) is 193 cm³/mol. The lowest BCUT2D eigenvalue weighted by Gasteiger charge is -2.39. The number of ether oxygens (including phenoxy) is 2. The second-order valence-electron chi connectivity index (χ2n) is 13.6. The van der Waals surface area contributed by atoms with Gasteiger partial charge in [0, 0.05) is 33.8 Å². The summed E-state index contributed by atoms with van der Waals surface area (Å²) in [5.41, 5.74) is 6.06. The van der Waals surface area contributed by atoms with E-state index in [1.807, 2.05) is 45.0 Å². The summed E-state index contributed by atoms with van der Waals surface area (Å²) in [4.78, 5) is 37.5. The number of para-hydroxylation sites is 1. The summed E-state index contributed by atoms with van der Waals surface area (Å²) in [6.45, 7) is 7.61. The maximum atomic E-state index is 14.0. The van der Waals surface area contributed by atoms with Gasteiger partial charge in [-0.05, 0) is 102 Å². The lowest BCUT2D eigenvalue weighted by atomic mass is 9.85. The third-order valence-corrected chi connectivity index (χ3v) is 11.2. The van der Waals surface area contributed by atoms with Gasteiger partial charge in [0.25, 0.3) is 5.56 Å². The summed E-state index contributed by atoms with van der Waals surface area (Å²) in [5, 5.41) is 11.3. The number of piperidine rings is 1. The maximum Gasteiger partial charge on any atom is 0.573 e. The highest BCUT2D eigenvalue weighted by Gasteiger charge is 2.35. The summed E-state index contributed by atoms with van der Waals surface area (Å²) in [6.07, 6.45) is -1.22. The molecular weight excluding hydrogens is 694 g/mol. The Hall–Kier alpha value is -4.75. The second-order valence-corrected chi connectivity index (χ2v) is 14.5. The van der Waals surface area contributed by atoms with E-state index in [-0.39, 0.29) is 35.4 Å². The lowest BCUT2D eigenvalue weighted by molar-refractivity contribution is -0.275. The first-order chi connectivity index (χ1) is 24.9. The van der Waals surface area contributed by atoms with E-state index in [1.165, 1.54) is 17.4 Å². The highest BCUT2D eigenvalue weighted by Crippen LogP contribution is 2.40. The minimum Gasteiger partial charge on any atom is -0.491 e. The Labute approximate surface area is 302 Å². The van der Waals surface area contributed by atoms with Gasteiger partial charge >= 0.3 is 12.3 Å². The number of aryl methyl sites for hydroxylation is 4. The molecule has 1 unspecified atom stereocenters. The SMILES string of the molecule is Cc1ccc(OCCn2c(C)nc3c(c2=O)CC(N2CCC(c4ccccc4OC(F)(F)F)CC2)CC3)c(-c2cc(C)nc3c(C(=O)O)csc23)c1. The van der Waals surface area contributed by atoms with Gasteiger partial charge in [-0.15, -0.1) is 24.5 Å². The molecule has 0 amide bonds. The Balaban J connectivity index is 1.05. The molecular formula is C39H39F3N4O5S. The largest absolute Gasteiger partial charge is 0.573 e. The van der Waals surface area contributed by atoms with Crippen molar-refractivity contribution in [1.82, 2.24) is 19.4 Å². The lowest BCUT2D eigenvalue weighted by Crippen LogP contribution is -2.46. The topological polar surface area (TPSA) is 107 Å². The Morgan fingerprint density at radius 1 is 1.00 bits per heavy atom. The molecule has 0 bridgehead atoms. The third kappa shape index (κ3) is 7.29. The van der Waals surface area contributed by atoms with Gasteiger partial charge in [0.2, 0.25) is 0 Å². The van der Waals surface area contributed by atoms with Crippen molar-refractivity contribution in [3.8, 4) is 22.6 Å². The minimum absolute atomic E-state index is 0.0394. The second kappa shape index (κ2) is 14.3. The number of carboxylic acid groups (broad SMARTS) is 1. The van der Waals surface area contributed by atoms with Crippen LogP contribution >= 0.6 is 11.3 Å². The molecule has 2 aliphatic rings. The molecule has 2 aromatic carbocycles. The fraction of sp³-hybridized carbons (Fsp3) is 0.385. The van der Waals surface area contributed by atoms with Gasteiger partial charge in [-0.1, -0.05) is 29.8 Å². The molecule has 0 spiro atoms. The molecule has 1 aliphatic heterocycles. The maximum absolute atomic E-state index is 14.0. The Kier molecular flexibility index (Phi) is 9.83. The average molecular weight is 733 g/mol. The molecule has 1 atom stereocenters. The standard InChI is InChI=1S/C39H39F3N4O5S/c1-22-8-11-33(28(18-22)29-19-23(2)43-35-31(38(48)49)21-52-36(29)35)50-17-16-46-24(3)44-32-10-9-26(20-30(32)37(46)47)45-14-12-25(13-15-45)27-6-4-5-7-34(27)51-39(40,41)42/h4-8,11,18-19,21,25-26H,9-10,12-17,20H2,1-3H3,(H,48,49). The van der Waals surface area contributed by atoms with Crippen LogP contribution in [-0.2, 0) is 19.4 Å². The van der Waals surface area contributed by atoms with Crippen LogP contribution in [0.5, 0.6) is 11.5 Å². The number of rotatable bonds is 9. The molecule has 5 aromatic rings. The van der Waals surface area contributed by atoms with E-state index in [2.05, 4.69) is 14.6 Å². The van der Waals surface area contributed by atoms with Crippen LogP contribution in [0.4, 0.5) is 13.2 Å². The fourth-order valence-corrected chi connectivity index (χ4v) is 8.72. The van der Waals surface area contributed by atoms with Crippen LogP contribution in [0.2, 0.25) is 0 Å². The summed E-state index contributed by atoms with van der Waals surface area (Å²) in [6, 6.07) is 14.3. The van der Waals surface area contributed by atoms with Gasteiger partial charge in [-0.2, -0.15) is 0 Å². The Bertz CT molecular complexity index is 2210. The average Bonchev–Trinajstić information content (AvgIpc) is 3.54. The van der Waals surface area contributed by atoms with Crippen molar-refractivity contribution < 1.29 is 32.5 Å². The first-order valence-corrected chi connectivity index (χ1v) is 18.3. The van der Waals surface area contributed by atoms with Gasteiger partial charge in [-0.3, -0.25) is 19.2 Å². The molecule has 52 heavy (non-hydrogen) atoms. The fourth-order valence-electron chi connectivity index (χ4n) is 7.71. The monoisotopic (exact) mass is 732 g/mol. The highest BCUT2D eigenvalue weighted by atomic mass is 32.1. The number of carboxylic acids is 1. The molecule has 1 N–H and O–H groups in total. The van der Waals surface area contributed by atoms with Crippen LogP contribution < -0.4 is 15.0 Å². The number of carbonyl (C=O) groups is 1. The molecule has 1 fully saturated rings. The summed E-state index contributed by atoms with van der Waals surface area (Å²) >= 11 is 1.34. The van der Waals surface area contributed by atoms with Crippen LogP contribution in [0.15, 0.2) is 58.7 Å². The van der Waals surface area contributed by atoms with Gasteiger partial charge in [-0.25, -0.2) is 9.78 Å². The molecule has 3 aromatic heterocycles. The number of aromatic carboxylic acids is 1. The Morgan fingerprint density at radius 2 is 1.77 bits per heavy atom. The van der Waals surface area contributed by atoms with E-state index in [4.69, 9.17) is 9.72 Å². The first kappa shape index (κ1) is 35.6. The number of hydrogen-bond acceptors (Lipinski definition) is 8. The van der Waals surface area contributed by atoms with E-state index in [1.54, 1.807) is 28.1 Å². The zero-order valence-electron chi connectivity index (χ0n) is 29.1. The smallest absolute Gasteiger partial charge is 0.491 e. The van der Waals surface area contributed by atoms with Gasteiger partial charge in [0.05, 0.1) is 28.0 Å². The molecule has 9 nitrogen and oxygen atoms in total. The van der Waals surface area contributed by atoms with Crippen molar-refractivity contribution in [2.45, 2.75) is 77.7 Å². The number of hydrogen-bond donors (Lipinski definition) is 1. The van der Waals surface area contributed by atoms with Gasteiger partial charge in [0.1, 0.15) is 23.9 Å². The summed E-state index contributed by atoms with van der Waals surface area (Å²) in [7, 11) is 0. The van der Waals surface area contributed by atoms with Crippen molar-refractivity contribution in [3.05, 3.63) is 104 Å². The number of thiophene rings is 1. The molecule has 0 saturated carbocycles. The van der Waals surface area contributed by atoms with Gasteiger partial charge < -0.3 is 14.6 Å². The number of nitrogens with zero attached hydrogens (tertiary/aromatic N) is 4. The number of alkyl halides is 3. The van der Waals surface area contributed by atoms with Crippen molar-refractivity contribution in [2.75, 3.05) is 19.7 Å². The van der Waals surface area contributed by atoms with E-state index in [0.717, 1.165) is 46.6 Å². The molecule has 13 heteroatoms. The zero-order chi connectivity index (χ0) is 36.7. The van der Waals surface area contributed by atoms with Crippen LogP contribution in [0.25, 0.3) is 21.3 Å². The third-order valence-electron chi connectivity index (χ3n) is 10.2. The van der Waals surface area contributed by atoms with Crippen LogP contribution in [0, 0.1) is 20.8 Å². The number of benzene rings is 2. The molecule has 1 aliphatic carbocycles. The number of likely N-dealkylation sites (tertiary alicyclic amines) is 1. The molecule has 7 rings (SSSR count). The number of halogens is 3. The number of aromatic nitrogens is 3. The normalized spacial score (nSPS) is 16.9. The molecule has 1 saturated heterocycles. The van der Waals surface area contributed by atoms with E-state index in [9.17, 15) is 27.9 Å². The number of fused-ring (bicyclic) bond motifs is 2. The van der Waals surface area contributed by atoms with Crippen LogP contribution in [0.3, 0.4) is 0 Å². The number of pyridine rings is 1. The van der Waals surface area contributed by atoms with Crippen molar-refractivity contribution in [2.24, 2.45) is 0 Å².